The van der Waals surface area contributed by atoms with Crippen LogP contribution >= 0.6 is 0 Å². The normalized spacial score (nSPS) is 22.4. The van der Waals surface area contributed by atoms with E-state index in [9.17, 15) is 19.2 Å². The molecule has 3 aliphatic rings. The van der Waals surface area contributed by atoms with Gasteiger partial charge in [0, 0.05) is 25.1 Å². The third kappa shape index (κ3) is 5.72. The van der Waals surface area contributed by atoms with Gasteiger partial charge >= 0.3 is 0 Å². The largest absolute Gasteiger partial charge is 0.353 e. The zero-order valence-corrected chi connectivity index (χ0v) is 23.0. The molecule has 0 aliphatic carbocycles. The summed E-state index contributed by atoms with van der Waals surface area (Å²) in [5, 5.41) is 8.72. The summed E-state index contributed by atoms with van der Waals surface area (Å²) < 4.78 is 0. The number of aryl methyl sites for hydroxylation is 2. The highest BCUT2D eigenvalue weighted by atomic mass is 16.2. The summed E-state index contributed by atoms with van der Waals surface area (Å²) in [7, 11) is 0. The molecule has 0 saturated carbocycles. The first-order valence-corrected chi connectivity index (χ1v) is 13.9. The van der Waals surface area contributed by atoms with Crippen LogP contribution in [0.25, 0.3) is 0 Å². The van der Waals surface area contributed by atoms with Crippen molar-refractivity contribution in [3.8, 4) is 0 Å². The van der Waals surface area contributed by atoms with E-state index in [1.165, 1.54) is 0 Å². The zero-order chi connectivity index (χ0) is 28.4. The number of benzene rings is 2. The lowest BCUT2D eigenvalue weighted by Crippen LogP contribution is -2.58. The van der Waals surface area contributed by atoms with Crippen LogP contribution in [0.4, 0.5) is 5.69 Å². The Hall–Kier alpha value is -3.80. The molecule has 0 bridgehead atoms. The van der Waals surface area contributed by atoms with E-state index in [0.29, 0.717) is 37.9 Å². The highest BCUT2D eigenvalue weighted by Crippen LogP contribution is 2.39. The molecule has 4 amide bonds. The molecular formula is C29H37N7O4. The lowest BCUT2D eigenvalue weighted by atomic mass is 9.99. The van der Waals surface area contributed by atoms with Crippen LogP contribution in [0.5, 0.6) is 0 Å². The number of amides is 4. The van der Waals surface area contributed by atoms with E-state index in [2.05, 4.69) is 32.3 Å². The Labute approximate surface area is 233 Å². The molecule has 3 heterocycles. The van der Waals surface area contributed by atoms with Crippen LogP contribution in [0, 0.1) is 12.8 Å². The highest BCUT2D eigenvalue weighted by molar-refractivity contribution is 6.08. The Balaban J connectivity index is 1.32. The van der Waals surface area contributed by atoms with Crippen LogP contribution in [0.2, 0.25) is 0 Å². The SMILES string of the molecule is Cc1ccc(C(=O)N[C@H](C(=O)N[C@H]2CCc3cccc4c3N(C2=O)[C@H](C(=O)NCC2CNNN2)C4)C(C)C)cc1. The fourth-order valence-corrected chi connectivity index (χ4v) is 5.54. The predicted molar refractivity (Wildman–Crippen MR) is 150 cm³/mol. The van der Waals surface area contributed by atoms with Crippen molar-refractivity contribution < 1.29 is 19.2 Å². The average Bonchev–Trinajstić information content (AvgIpc) is 3.57. The third-order valence-corrected chi connectivity index (χ3v) is 7.81. The van der Waals surface area contributed by atoms with Crippen molar-refractivity contribution in [3.63, 3.8) is 0 Å². The Morgan fingerprint density at radius 1 is 1.07 bits per heavy atom. The van der Waals surface area contributed by atoms with Crippen molar-refractivity contribution in [1.29, 1.82) is 0 Å². The van der Waals surface area contributed by atoms with Crippen LogP contribution in [-0.2, 0) is 27.2 Å². The van der Waals surface area contributed by atoms with Gasteiger partial charge in [0.15, 0.2) is 0 Å². The molecule has 1 saturated heterocycles. The standard InChI is InChI=1S/C29H37N7O4/c1-16(2)24(33-26(37)19-9-7-17(3)8-10-19)28(39)32-22-12-11-18-5-4-6-20-13-23(36(25(18)20)29(22)40)27(38)30-14-21-15-31-35-34-21/h4-10,16,21-24,31,34-35H,11-15H2,1-3H3,(H,30,38)(H,32,39)(H,33,37)/t21?,22-,23-,24-/m0/s1. The van der Waals surface area contributed by atoms with Gasteiger partial charge in [0.2, 0.25) is 17.7 Å². The maximum atomic E-state index is 14.0. The van der Waals surface area contributed by atoms with Crippen molar-refractivity contribution in [2.45, 2.75) is 64.2 Å². The summed E-state index contributed by atoms with van der Waals surface area (Å²) in [5.41, 5.74) is 13.0. The number of carbonyl (C=O) groups is 4. The van der Waals surface area contributed by atoms with Gasteiger partial charge in [-0.05, 0) is 48.9 Å². The van der Waals surface area contributed by atoms with Gasteiger partial charge in [-0.1, -0.05) is 49.7 Å². The molecule has 40 heavy (non-hydrogen) atoms. The van der Waals surface area contributed by atoms with Crippen LogP contribution in [0.15, 0.2) is 42.5 Å². The first kappa shape index (κ1) is 27.8. The minimum absolute atomic E-state index is 0.0262. The van der Waals surface area contributed by atoms with E-state index >= 15 is 0 Å². The van der Waals surface area contributed by atoms with Gasteiger partial charge in [-0.25, -0.2) is 10.9 Å². The second-order valence-corrected chi connectivity index (χ2v) is 11.1. The van der Waals surface area contributed by atoms with Gasteiger partial charge in [-0.3, -0.25) is 24.1 Å². The molecular weight excluding hydrogens is 510 g/mol. The Bertz CT molecular complexity index is 1290. The third-order valence-electron chi connectivity index (χ3n) is 7.81. The average molecular weight is 548 g/mol. The van der Waals surface area contributed by atoms with Crippen LogP contribution in [0.3, 0.4) is 0 Å². The molecule has 212 valence electrons. The maximum absolute atomic E-state index is 14.0. The van der Waals surface area contributed by atoms with Crippen molar-refractivity contribution in [3.05, 3.63) is 64.7 Å². The molecule has 2 aromatic rings. The maximum Gasteiger partial charge on any atom is 0.251 e. The Morgan fingerprint density at radius 3 is 2.52 bits per heavy atom. The molecule has 11 heteroatoms. The monoisotopic (exact) mass is 547 g/mol. The summed E-state index contributed by atoms with van der Waals surface area (Å²) in [5.74, 6) is -1.53. The van der Waals surface area contributed by atoms with Crippen molar-refractivity contribution >= 4 is 29.3 Å². The minimum atomic E-state index is -0.832. The first-order valence-electron chi connectivity index (χ1n) is 13.9. The molecule has 1 fully saturated rings. The smallest absolute Gasteiger partial charge is 0.251 e. The lowest BCUT2D eigenvalue weighted by molar-refractivity contribution is -0.130. The van der Waals surface area contributed by atoms with Crippen LogP contribution in [-0.4, -0.2) is 60.9 Å². The predicted octanol–water partition coefficient (Wildman–Crippen LogP) is 0.236. The fraction of sp³-hybridized carbons (Fsp3) is 0.448. The number of hydrazine groups is 2. The van der Waals surface area contributed by atoms with E-state index in [1.807, 2.05) is 51.1 Å². The number of hydrogen-bond acceptors (Lipinski definition) is 7. The molecule has 5 rings (SSSR count). The van der Waals surface area contributed by atoms with Gasteiger partial charge in [0.25, 0.3) is 5.91 Å². The quantitative estimate of drug-likeness (QED) is 0.278. The lowest BCUT2D eigenvalue weighted by Gasteiger charge is -2.29. The molecule has 2 aromatic carbocycles. The molecule has 0 radical (unpaired) electrons. The second kappa shape index (κ2) is 11.7. The summed E-state index contributed by atoms with van der Waals surface area (Å²) in [6.45, 7) is 6.69. The summed E-state index contributed by atoms with van der Waals surface area (Å²) >= 11 is 0. The minimum Gasteiger partial charge on any atom is -0.353 e. The number of nitrogens with zero attached hydrogens (tertiary/aromatic N) is 1. The molecule has 0 spiro atoms. The number of anilines is 1. The van der Waals surface area contributed by atoms with Gasteiger partial charge in [0.1, 0.15) is 18.1 Å². The van der Waals surface area contributed by atoms with E-state index in [0.717, 1.165) is 22.4 Å². The van der Waals surface area contributed by atoms with Crippen LogP contribution < -0.4 is 37.2 Å². The topological polar surface area (TPSA) is 144 Å². The second-order valence-electron chi connectivity index (χ2n) is 11.1. The molecule has 4 atom stereocenters. The molecule has 1 unspecified atom stereocenters. The van der Waals surface area contributed by atoms with E-state index in [4.69, 9.17) is 0 Å². The van der Waals surface area contributed by atoms with Gasteiger partial charge < -0.3 is 16.0 Å². The Morgan fingerprint density at radius 2 is 1.82 bits per heavy atom. The van der Waals surface area contributed by atoms with Gasteiger partial charge in [0.05, 0.1) is 11.7 Å². The van der Waals surface area contributed by atoms with Crippen LogP contribution in [0.1, 0.15) is 47.3 Å². The van der Waals surface area contributed by atoms with E-state index in [-0.39, 0.29) is 29.7 Å². The summed E-state index contributed by atoms with van der Waals surface area (Å²) in [6.07, 6.45) is 1.39. The number of hydrogen-bond donors (Lipinski definition) is 6. The Kier molecular flexibility index (Phi) is 8.15. The first-order chi connectivity index (χ1) is 19.2. The number of nitrogens with one attached hydrogen (secondary N) is 6. The zero-order valence-electron chi connectivity index (χ0n) is 23.0. The van der Waals surface area contributed by atoms with Gasteiger partial charge in [-0.15, -0.1) is 0 Å². The number of para-hydroxylation sites is 1. The number of carbonyl (C=O) groups excluding carboxylic acids is 4. The number of rotatable bonds is 8. The molecule has 11 nitrogen and oxygen atoms in total. The molecule has 0 aromatic heterocycles. The highest BCUT2D eigenvalue weighted by Gasteiger charge is 2.44. The van der Waals surface area contributed by atoms with E-state index < -0.39 is 24.0 Å². The van der Waals surface area contributed by atoms with Crippen molar-refractivity contribution in [2.24, 2.45) is 5.92 Å². The fourth-order valence-electron chi connectivity index (χ4n) is 5.54. The van der Waals surface area contributed by atoms with Crippen molar-refractivity contribution in [2.75, 3.05) is 18.0 Å². The van der Waals surface area contributed by atoms with Crippen molar-refractivity contribution in [1.82, 2.24) is 32.3 Å². The molecule has 3 aliphatic heterocycles. The molecule has 6 N–H and O–H groups in total. The van der Waals surface area contributed by atoms with E-state index in [1.54, 1.807) is 17.0 Å². The van der Waals surface area contributed by atoms with Gasteiger partial charge in [-0.2, -0.15) is 5.53 Å². The summed E-state index contributed by atoms with van der Waals surface area (Å²) in [4.78, 5) is 55.2. The summed E-state index contributed by atoms with van der Waals surface area (Å²) in [6, 6.07) is 10.7.